The fourth-order valence-corrected chi connectivity index (χ4v) is 4.13. The minimum atomic E-state index is -0.267. The first-order valence-electron chi connectivity index (χ1n) is 9.32. The molecule has 0 bridgehead atoms. The summed E-state index contributed by atoms with van der Waals surface area (Å²) >= 11 is 1.41. The number of hydrogen-bond acceptors (Lipinski definition) is 5. The quantitative estimate of drug-likeness (QED) is 0.703. The minimum absolute atomic E-state index is 0.0522. The Morgan fingerprint density at radius 1 is 1.25 bits per heavy atom. The minimum Gasteiger partial charge on any atom is -0.301 e. The van der Waals surface area contributed by atoms with Gasteiger partial charge in [-0.25, -0.2) is 9.37 Å². The van der Waals surface area contributed by atoms with Crippen molar-refractivity contribution in [2.75, 3.05) is 25.0 Å². The van der Waals surface area contributed by atoms with Crippen molar-refractivity contribution >= 4 is 22.4 Å². The van der Waals surface area contributed by atoms with Crippen LogP contribution in [-0.2, 0) is 4.79 Å². The number of halogens is 1. The van der Waals surface area contributed by atoms with Crippen LogP contribution in [0.2, 0.25) is 0 Å². The average Bonchev–Trinajstić information content (AvgIpc) is 3.21. The molecule has 3 aromatic rings. The number of carbonyl (C=O) groups is 1. The number of amides is 1. The summed E-state index contributed by atoms with van der Waals surface area (Å²) in [7, 11) is 0. The van der Waals surface area contributed by atoms with E-state index >= 15 is 0 Å². The van der Waals surface area contributed by atoms with Crippen molar-refractivity contribution in [3.05, 3.63) is 65.6 Å². The second-order valence-corrected chi connectivity index (χ2v) is 7.78. The lowest BCUT2D eigenvalue weighted by molar-refractivity contribution is -0.117. The molecular weight excluding hydrogens is 375 g/mol. The van der Waals surface area contributed by atoms with E-state index in [-0.39, 0.29) is 17.6 Å². The fraction of sp³-hybridized carbons (Fsp3) is 0.286. The molecule has 5 nitrogen and oxygen atoms in total. The second-order valence-electron chi connectivity index (χ2n) is 6.89. The van der Waals surface area contributed by atoms with Gasteiger partial charge in [0, 0.05) is 35.3 Å². The number of carbonyl (C=O) groups excluding carboxylic acids is 1. The maximum absolute atomic E-state index is 14.1. The monoisotopic (exact) mass is 396 g/mol. The first-order valence-corrected chi connectivity index (χ1v) is 10.2. The van der Waals surface area contributed by atoms with E-state index in [9.17, 15) is 9.18 Å². The zero-order valence-corrected chi connectivity index (χ0v) is 16.2. The van der Waals surface area contributed by atoms with Gasteiger partial charge in [0.05, 0.1) is 12.2 Å². The highest BCUT2D eigenvalue weighted by Crippen LogP contribution is 2.28. The SMILES string of the molecule is O=C(CN1CCCC(c2cccc(-c3ccccc3F)n2)C1)Nc1nccs1. The third kappa shape index (κ3) is 4.43. The molecule has 0 aliphatic carbocycles. The molecule has 1 fully saturated rings. The predicted molar refractivity (Wildman–Crippen MR) is 109 cm³/mol. The number of aromatic nitrogens is 2. The summed E-state index contributed by atoms with van der Waals surface area (Å²) in [6.45, 7) is 1.98. The average molecular weight is 396 g/mol. The van der Waals surface area contributed by atoms with E-state index in [0.717, 1.165) is 31.6 Å². The number of benzene rings is 1. The van der Waals surface area contributed by atoms with Crippen LogP contribution in [0.1, 0.15) is 24.5 Å². The third-order valence-corrected chi connectivity index (χ3v) is 5.58. The summed E-state index contributed by atoms with van der Waals surface area (Å²) in [6, 6.07) is 12.5. The Balaban J connectivity index is 1.44. The number of nitrogens with one attached hydrogen (secondary N) is 1. The summed E-state index contributed by atoms with van der Waals surface area (Å²) in [5.74, 6) is -0.0897. The summed E-state index contributed by atoms with van der Waals surface area (Å²) in [5.41, 5.74) is 2.11. The topological polar surface area (TPSA) is 58.1 Å². The van der Waals surface area contributed by atoms with Gasteiger partial charge in [-0.2, -0.15) is 0 Å². The van der Waals surface area contributed by atoms with Gasteiger partial charge in [0.2, 0.25) is 5.91 Å². The highest BCUT2D eigenvalue weighted by Gasteiger charge is 2.24. The maximum Gasteiger partial charge on any atom is 0.240 e. The number of pyridine rings is 1. The van der Waals surface area contributed by atoms with Gasteiger partial charge in [-0.1, -0.05) is 18.2 Å². The van der Waals surface area contributed by atoms with Gasteiger partial charge in [0.15, 0.2) is 5.13 Å². The smallest absolute Gasteiger partial charge is 0.240 e. The lowest BCUT2D eigenvalue weighted by Gasteiger charge is -2.32. The fourth-order valence-electron chi connectivity index (χ4n) is 3.59. The van der Waals surface area contributed by atoms with Crippen LogP contribution in [0.4, 0.5) is 9.52 Å². The highest BCUT2D eigenvalue weighted by molar-refractivity contribution is 7.13. The number of anilines is 1. The number of nitrogens with zero attached hydrogens (tertiary/aromatic N) is 3. The van der Waals surface area contributed by atoms with Crippen LogP contribution >= 0.6 is 11.3 Å². The Hall–Kier alpha value is -2.64. The molecule has 1 aliphatic rings. The van der Waals surface area contributed by atoms with Crippen molar-refractivity contribution in [2.24, 2.45) is 0 Å². The number of rotatable bonds is 5. The number of thiazole rings is 1. The molecule has 1 aromatic carbocycles. The van der Waals surface area contributed by atoms with E-state index in [1.807, 2.05) is 29.6 Å². The van der Waals surface area contributed by atoms with Gasteiger partial charge >= 0.3 is 0 Å². The van der Waals surface area contributed by atoms with Gasteiger partial charge in [-0.15, -0.1) is 11.3 Å². The summed E-state index contributed by atoms with van der Waals surface area (Å²) in [6.07, 6.45) is 3.69. The third-order valence-electron chi connectivity index (χ3n) is 4.89. The summed E-state index contributed by atoms with van der Waals surface area (Å²) in [5, 5.41) is 5.29. The van der Waals surface area contributed by atoms with E-state index in [1.165, 1.54) is 17.4 Å². The maximum atomic E-state index is 14.1. The van der Waals surface area contributed by atoms with E-state index < -0.39 is 0 Å². The Morgan fingerprint density at radius 2 is 2.14 bits per heavy atom. The second kappa shape index (κ2) is 8.58. The summed E-state index contributed by atoms with van der Waals surface area (Å²) in [4.78, 5) is 23.2. The van der Waals surface area contributed by atoms with Crippen molar-refractivity contribution in [2.45, 2.75) is 18.8 Å². The predicted octanol–water partition coefficient (Wildman–Crippen LogP) is 4.16. The number of piperidine rings is 1. The molecule has 144 valence electrons. The van der Waals surface area contributed by atoms with Crippen molar-refractivity contribution in [3.8, 4) is 11.3 Å². The van der Waals surface area contributed by atoms with Crippen LogP contribution in [0.3, 0.4) is 0 Å². The van der Waals surface area contributed by atoms with E-state index in [2.05, 4.69) is 15.2 Å². The molecule has 0 saturated carbocycles. The van der Waals surface area contributed by atoms with Gasteiger partial charge < -0.3 is 5.32 Å². The van der Waals surface area contributed by atoms with Crippen molar-refractivity contribution in [1.29, 1.82) is 0 Å². The van der Waals surface area contributed by atoms with Crippen LogP contribution in [0, 0.1) is 5.82 Å². The molecule has 1 aliphatic heterocycles. The first kappa shape index (κ1) is 18.7. The molecule has 1 amide bonds. The van der Waals surface area contributed by atoms with Gasteiger partial charge in [-0.05, 0) is 43.7 Å². The highest BCUT2D eigenvalue weighted by atomic mass is 32.1. The molecular formula is C21H21FN4OS. The molecule has 1 saturated heterocycles. The zero-order valence-electron chi connectivity index (χ0n) is 15.3. The number of likely N-dealkylation sites (tertiary alicyclic amines) is 1. The van der Waals surface area contributed by atoms with Gasteiger partial charge in [-0.3, -0.25) is 14.7 Å². The van der Waals surface area contributed by atoms with E-state index in [4.69, 9.17) is 4.98 Å². The Morgan fingerprint density at radius 3 is 2.96 bits per heavy atom. The molecule has 1 atom stereocenters. The Bertz CT molecular complexity index is 947. The zero-order chi connectivity index (χ0) is 19.3. The molecule has 7 heteroatoms. The Labute approximate surface area is 167 Å². The molecule has 3 heterocycles. The van der Waals surface area contributed by atoms with Crippen molar-refractivity contribution in [3.63, 3.8) is 0 Å². The molecule has 4 rings (SSSR count). The molecule has 0 spiro atoms. The molecule has 2 aromatic heterocycles. The molecule has 28 heavy (non-hydrogen) atoms. The molecule has 1 N–H and O–H groups in total. The van der Waals surface area contributed by atoms with Crippen LogP contribution < -0.4 is 5.32 Å². The van der Waals surface area contributed by atoms with E-state index in [1.54, 1.807) is 18.3 Å². The van der Waals surface area contributed by atoms with Crippen molar-refractivity contribution < 1.29 is 9.18 Å². The van der Waals surface area contributed by atoms with Gasteiger partial charge in [0.1, 0.15) is 5.82 Å². The standard InChI is InChI=1S/C21H21FN4OS/c22-17-7-2-1-6-16(17)19-9-3-8-18(24-19)15-5-4-11-26(13-15)14-20(27)25-21-23-10-12-28-21/h1-3,6-10,12,15H,4-5,11,13-14H2,(H,23,25,27). The van der Waals surface area contributed by atoms with Crippen LogP contribution in [-0.4, -0.2) is 40.4 Å². The first-order chi connectivity index (χ1) is 13.7. The van der Waals surface area contributed by atoms with Crippen molar-refractivity contribution in [1.82, 2.24) is 14.9 Å². The number of hydrogen-bond donors (Lipinski definition) is 1. The largest absolute Gasteiger partial charge is 0.301 e. The van der Waals surface area contributed by atoms with E-state index in [0.29, 0.717) is 22.9 Å². The molecule has 1 unspecified atom stereocenters. The lowest BCUT2D eigenvalue weighted by atomic mass is 9.94. The van der Waals surface area contributed by atoms with Crippen LogP contribution in [0.15, 0.2) is 54.0 Å². The van der Waals surface area contributed by atoms with Crippen LogP contribution in [0.5, 0.6) is 0 Å². The normalized spacial score (nSPS) is 17.4. The lowest BCUT2D eigenvalue weighted by Crippen LogP contribution is -2.40. The van der Waals surface area contributed by atoms with Crippen LogP contribution in [0.25, 0.3) is 11.3 Å². The van der Waals surface area contributed by atoms with Gasteiger partial charge in [0.25, 0.3) is 0 Å². The Kier molecular flexibility index (Phi) is 5.73. The summed E-state index contributed by atoms with van der Waals surface area (Å²) < 4.78 is 14.1. The molecule has 0 radical (unpaired) electrons.